The predicted octanol–water partition coefficient (Wildman–Crippen LogP) is 2.64. The molecule has 1 rings (SSSR count). The average molecular weight is 273 g/mol. The molecule has 0 radical (unpaired) electrons. The molecule has 0 fully saturated rings. The van der Waals surface area contributed by atoms with Crippen LogP contribution in [-0.2, 0) is 4.74 Å². The molecule has 4 heteroatoms. The van der Waals surface area contributed by atoms with Gasteiger partial charge in [-0.1, -0.05) is 24.2 Å². The molecule has 0 saturated carbocycles. The molecule has 0 N–H and O–H groups in total. The summed E-state index contributed by atoms with van der Waals surface area (Å²) in [6.07, 6.45) is 1.10. The largest absolute Gasteiger partial charge is 0.491 e. The number of halogens is 1. The van der Waals surface area contributed by atoms with E-state index in [1.807, 2.05) is 37.3 Å². The van der Waals surface area contributed by atoms with Crippen LogP contribution in [0.3, 0.4) is 0 Å². The van der Waals surface area contributed by atoms with E-state index in [2.05, 4.69) is 0 Å². The molecule has 17 heavy (non-hydrogen) atoms. The third kappa shape index (κ3) is 6.71. The van der Waals surface area contributed by atoms with Crippen molar-refractivity contribution in [3.63, 3.8) is 0 Å². The minimum Gasteiger partial charge on any atom is -0.491 e. The van der Waals surface area contributed by atoms with E-state index in [1.165, 1.54) is 6.04 Å². The lowest BCUT2D eigenvalue weighted by molar-refractivity contribution is 0.0775. The smallest absolute Gasteiger partial charge is 0.119 e. The molecule has 0 aromatic heterocycles. The molecule has 0 bridgehead atoms. The first-order valence-electron chi connectivity index (χ1n) is 6.22. The van der Waals surface area contributed by atoms with Crippen LogP contribution in [0.5, 0.6) is 5.75 Å². The molecular formula is C13H21ClO2Si. The third-order valence-corrected chi connectivity index (χ3v) is 4.78. The van der Waals surface area contributed by atoms with Gasteiger partial charge in [-0.05, 0) is 25.5 Å². The van der Waals surface area contributed by atoms with Gasteiger partial charge in [0.1, 0.15) is 12.4 Å². The van der Waals surface area contributed by atoms with Crippen LogP contribution in [0.2, 0.25) is 6.04 Å². The van der Waals surface area contributed by atoms with E-state index in [9.17, 15) is 0 Å². The van der Waals surface area contributed by atoms with Gasteiger partial charge in [0.25, 0.3) is 0 Å². The second-order valence-electron chi connectivity index (χ2n) is 3.89. The molecule has 1 unspecified atom stereocenters. The quantitative estimate of drug-likeness (QED) is 0.391. The molecule has 0 saturated heterocycles. The topological polar surface area (TPSA) is 18.5 Å². The maximum atomic E-state index is 5.73. The van der Waals surface area contributed by atoms with E-state index in [0.717, 1.165) is 24.7 Å². The van der Waals surface area contributed by atoms with E-state index >= 15 is 0 Å². The molecular weight excluding hydrogens is 252 g/mol. The summed E-state index contributed by atoms with van der Waals surface area (Å²) in [5.74, 6) is 1.68. The van der Waals surface area contributed by atoms with Crippen LogP contribution in [0.4, 0.5) is 0 Å². The van der Waals surface area contributed by atoms with Crippen LogP contribution >= 0.6 is 11.6 Å². The SMILES string of the molecule is CCOC(COc1ccccc1)[SiH2]CCCCl. The maximum absolute atomic E-state index is 5.73. The van der Waals surface area contributed by atoms with Crippen LogP contribution in [0.25, 0.3) is 0 Å². The molecule has 0 aliphatic heterocycles. The summed E-state index contributed by atoms with van der Waals surface area (Å²) in [7, 11) is -0.244. The van der Waals surface area contributed by atoms with Gasteiger partial charge < -0.3 is 9.47 Å². The molecule has 0 amide bonds. The normalized spacial score (nSPS) is 13.1. The Morgan fingerprint density at radius 1 is 1.29 bits per heavy atom. The summed E-state index contributed by atoms with van der Waals surface area (Å²) < 4.78 is 11.4. The molecule has 0 spiro atoms. The molecule has 0 heterocycles. The molecule has 96 valence electrons. The van der Waals surface area contributed by atoms with Crippen molar-refractivity contribution in [3.8, 4) is 5.75 Å². The van der Waals surface area contributed by atoms with E-state index in [0.29, 0.717) is 12.3 Å². The Hall–Kier alpha value is -0.513. The first kappa shape index (κ1) is 14.5. The molecule has 0 aliphatic carbocycles. The zero-order valence-corrected chi connectivity index (χ0v) is 12.6. The standard InChI is InChI=1S/C13H21ClO2Si/c1-2-15-13(17-10-6-9-14)11-16-12-7-4-3-5-8-12/h3-5,7-8,13H,2,6,9-11,17H2,1H3. The summed E-state index contributed by atoms with van der Waals surface area (Å²) in [4.78, 5) is 0. The van der Waals surface area contributed by atoms with Crippen molar-refractivity contribution in [2.75, 3.05) is 19.1 Å². The van der Waals surface area contributed by atoms with Gasteiger partial charge in [-0.2, -0.15) is 0 Å². The van der Waals surface area contributed by atoms with Crippen molar-refractivity contribution in [1.82, 2.24) is 0 Å². The van der Waals surface area contributed by atoms with Gasteiger partial charge in [0.05, 0.1) is 15.2 Å². The number of rotatable bonds is 9. The first-order chi connectivity index (χ1) is 8.36. The number of para-hydroxylation sites is 1. The Bertz CT molecular complexity index is 282. The molecule has 1 aromatic carbocycles. The van der Waals surface area contributed by atoms with Crippen LogP contribution in [0, 0.1) is 0 Å². The second kappa shape index (κ2) is 9.51. The van der Waals surface area contributed by atoms with E-state index in [-0.39, 0.29) is 9.52 Å². The van der Waals surface area contributed by atoms with Crippen molar-refractivity contribution < 1.29 is 9.47 Å². The summed E-state index contributed by atoms with van der Waals surface area (Å²) in [6, 6.07) is 11.1. The minimum atomic E-state index is -0.244. The average Bonchev–Trinajstić information content (AvgIpc) is 2.37. The zero-order valence-electron chi connectivity index (χ0n) is 10.4. The van der Waals surface area contributed by atoms with Gasteiger partial charge in [0.2, 0.25) is 0 Å². The fraction of sp³-hybridized carbons (Fsp3) is 0.538. The Morgan fingerprint density at radius 2 is 2.06 bits per heavy atom. The van der Waals surface area contributed by atoms with Crippen molar-refractivity contribution in [1.29, 1.82) is 0 Å². The highest BCUT2D eigenvalue weighted by atomic mass is 35.5. The minimum absolute atomic E-state index is 0.244. The maximum Gasteiger partial charge on any atom is 0.119 e. The zero-order chi connectivity index (χ0) is 12.3. The molecule has 0 aliphatic rings. The fourth-order valence-corrected chi connectivity index (χ4v) is 3.81. The van der Waals surface area contributed by atoms with Crippen molar-refractivity contribution in [3.05, 3.63) is 30.3 Å². The van der Waals surface area contributed by atoms with Crippen LogP contribution in [-0.4, -0.2) is 34.3 Å². The van der Waals surface area contributed by atoms with Gasteiger partial charge in [0.15, 0.2) is 0 Å². The number of benzene rings is 1. The lowest BCUT2D eigenvalue weighted by atomic mass is 10.3. The Kier molecular flexibility index (Phi) is 8.14. The highest BCUT2D eigenvalue weighted by molar-refractivity contribution is 6.37. The van der Waals surface area contributed by atoms with Gasteiger partial charge in [0, 0.05) is 12.5 Å². The van der Waals surface area contributed by atoms with E-state index in [1.54, 1.807) is 0 Å². The summed E-state index contributed by atoms with van der Waals surface area (Å²) in [5, 5.41) is 0. The number of alkyl halides is 1. The lowest BCUT2D eigenvalue weighted by Crippen LogP contribution is -2.28. The number of ether oxygens (including phenoxy) is 2. The van der Waals surface area contributed by atoms with Crippen molar-refractivity contribution in [2.24, 2.45) is 0 Å². The van der Waals surface area contributed by atoms with Gasteiger partial charge >= 0.3 is 0 Å². The van der Waals surface area contributed by atoms with Gasteiger partial charge in [-0.25, -0.2) is 0 Å². The molecule has 2 nitrogen and oxygen atoms in total. The summed E-state index contributed by atoms with van der Waals surface area (Å²) in [5.41, 5.74) is 0.309. The van der Waals surface area contributed by atoms with Gasteiger partial charge in [-0.3, -0.25) is 0 Å². The van der Waals surface area contributed by atoms with Crippen molar-refractivity contribution in [2.45, 2.75) is 25.1 Å². The van der Waals surface area contributed by atoms with E-state index < -0.39 is 0 Å². The van der Waals surface area contributed by atoms with Crippen molar-refractivity contribution >= 4 is 21.1 Å². The molecule has 1 aromatic rings. The monoisotopic (exact) mass is 272 g/mol. The first-order valence-corrected chi connectivity index (χ1v) is 8.57. The Labute approximate surface area is 111 Å². The Balaban J connectivity index is 2.28. The lowest BCUT2D eigenvalue weighted by Gasteiger charge is -2.17. The molecule has 1 atom stereocenters. The highest BCUT2D eigenvalue weighted by Crippen LogP contribution is 2.09. The highest BCUT2D eigenvalue weighted by Gasteiger charge is 2.09. The predicted molar refractivity (Wildman–Crippen MR) is 76.0 cm³/mol. The number of hydrogen-bond donors (Lipinski definition) is 0. The van der Waals surface area contributed by atoms with E-state index in [4.69, 9.17) is 21.1 Å². The van der Waals surface area contributed by atoms with Crippen LogP contribution in [0.1, 0.15) is 13.3 Å². The fourth-order valence-electron chi connectivity index (χ4n) is 1.62. The summed E-state index contributed by atoms with van der Waals surface area (Å²) in [6.45, 7) is 3.47. The van der Waals surface area contributed by atoms with Gasteiger partial charge in [-0.15, -0.1) is 11.6 Å². The van der Waals surface area contributed by atoms with Crippen LogP contribution < -0.4 is 4.74 Å². The second-order valence-corrected chi connectivity index (χ2v) is 6.46. The summed E-state index contributed by atoms with van der Waals surface area (Å²) >= 11 is 5.69. The Morgan fingerprint density at radius 3 is 2.71 bits per heavy atom. The number of hydrogen-bond acceptors (Lipinski definition) is 2. The third-order valence-electron chi connectivity index (χ3n) is 2.49. The van der Waals surface area contributed by atoms with Crippen LogP contribution in [0.15, 0.2) is 30.3 Å².